The van der Waals surface area contributed by atoms with Gasteiger partial charge >= 0.3 is 0 Å². The fraction of sp³-hybridized carbons (Fsp3) is 0.240. The van der Waals surface area contributed by atoms with E-state index >= 15 is 0 Å². The predicted molar refractivity (Wildman–Crippen MR) is 112 cm³/mol. The second kappa shape index (κ2) is 6.86. The highest BCUT2D eigenvalue weighted by atomic mass is 16.2. The lowest BCUT2D eigenvalue weighted by Crippen LogP contribution is -2.56. The summed E-state index contributed by atoms with van der Waals surface area (Å²) >= 11 is 0. The highest BCUT2D eigenvalue weighted by Gasteiger charge is 2.56. The molecule has 1 heterocycles. The number of amides is 1. The minimum absolute atomic E-state index is 0.0333. The Morgan fingerprint density at radius 1 is 1.00 bits per heavy atom. The summed E-state index contributed by atoms with van der Waals surface area (Å²) in [6.45, 7) is 12.1. The molecule has 29 heavy (non-hydrogen) atoms. The maximum atomic E-state index is 14.0. The van der Waals surface area contributed by atoms with Crippen LogP contribution in [0, 0.1) is 12.0 Å². The fourth-order valence-electron chi connectivity index (χ4n) is 4.50. The van der Waals surface area contributed by atoms with E-state index in [2.05, 4.69) is 4.85 Å². The highest BCUT2D eigenvalue weighted by Crippen LogP contribution is 2.52. The van der Waals surface area contributed by atoms with Crippen molar-refractivity contribution in [3.8, 4) is 0 Å². The molecule has 0 bridgehead atoms. The number of allylic oxidation sites excluding steroid dienone is 1. The normalized spacial score (nSPS) is 23.0. The molecule has 0 fully saturated rings. The first-order chi connectivity index (χ1) is 13.9. The van der Waals surface area contributed by atoms with Gasteiger partial charge in [-0.3, -0.25) is 4.79 Å². The molecule has 0 unspecified atom stereocenters. The molecule has 144 valence electrons. The monoisotopic (exact) mass is 382 g/mol. The van der Waals surface area contributed by atoms with Gasteiger partial charge in [-0.1, -0.05) is 86.7 Å². The quantitative estimate of drug-likeness (QED) is 0.586. The first-order valence-electron chi connectivity index (χ1n) is 9.66. The molecule has 4 heteroatoms. The molecule has 0 radical (unpaired) electrons. The van der Waals surface area contributed by atoms with E-state index in [0.29, 0.717) is 13.1 Å². The highest BCUT2D eigenvalue weighted by molar-refractivity contribution is 6.10. The van der Waals surface area contributed by atoms with Crippen molar-refractivity contribution in [2.24, 2.45) is 5.41 Å². The first-order valence-corrected chi connectivity index (χ1v) is 9.66. The molecule has 4 nitrogen and oxygen atoms in total. The van der Waals surface area contributed by atoms with Crippen LogP contribution in [-0.4, -0.2) is 23.1 Å². The van der Waals surface area contributed by atoms with Crippen molar-refractivity contribution in [1.29, 1.82) is 0 Å². The molecule has 0 aromatic heterocycles. The van der Waals surface area contributed by atoms with Gasteiger partial charge in [0.2, 0.25) is 11.6 Å². The molecule has 1 aliphatic heterocycles. The lowest BCUT2D eigenvalue weighted by atomic mass is 9.57. The number of Topliss-reactive ketones (excluding diaryl/α,β-unsaturated/α-hetero) is 1. The van der Waals surface area contributed by atoms with Gasteiger partial charge in [0.05, 0.1) is 6.57 Å². The standard InChI is InChI=1S/C25H22N2O2/c1-24(2)21-14-15-27(17-18-10-6-4-7-11-18)23(29)25(21,16-20(26-3)22(24)28)19-12-8-5-9-13-19/h4-14,16H,15,17H2,1-2H3/t25-/m1/s1. The van der Waals surface area contributed by atoms with E-state index in [1.165, 1.54) is 0 Å². The minimum Gasteiger partial charge on any atom is -0.333 e. The van der Waals surface area contributed by atoms with Crippen LogP contribution < -0.4 is 0 Å². The zero-order valence-electron chi connectivity index (χ0n) is 16.6. The molecule has 2 aliphatic rings. The number of carbonyl (C=O) groups is 2. The van der Waals surface area contributed by atoms with Gasteiger partial charge in [0.15, 0.2) is 5.78 Å². The van der Waals surface area contributed by atoms with Gasteiger partial charge in [-0.2, -0.15) is 0 Å². The summed E-state index contributed by atoms with van der Waals surface area (Å²) in [4.78, 5) is 32.2. The fourth-order valence-corrected chi connectivity index (χ4v) is 4.50. The van der Waals surface area contributed by atoms with E-state index in [4.69, 9.17) is 6.57 Å². The summed E-state index contributed by atoms with van der Waals surface area (Å²) in [6.07, 6.45) is 3.60. The van der Waals surface area contributed by atoms with Crippen molar-refractivity contribution in [2.75, 3.05) is 6.54 Å². The average molecular weight is 382 g/mol. The number of nitrogens with zero attached hydrogens (tertiary/aromatic N) is 2. The Morgan fingerprint density at radius 2 is 1.62 bits per heavy atom. The third kappa shape index (κ3) is 2.82. The molecule has 4 rings (SSSR count). The number of hydrogen-bond acceptors (Lipinski definition) is 2. The Labute approximate surface area is 171 Å². The van der Waals surface area contributed by atoms with E-state index in [0.717, 1.165) is 16.7 Å². The van der Waals surface area contributed by atoms with E-state index in [1.54, 1.807) is 11.0 Å². The maximum absolute atomic E-state index is 14.0. The summed E-state index contributed by atoms with van der Waals surface area (Å²) < 4.78 is 0. The van der Waals surface area contributed by atoms with Gasteiger partial charge in [0.1, 0.15) is 5.41 Å². The zero-order valence-corrected chi connectivity index (χ0v) is 16.6. The van der Waals surface area contributed by atoms with E-state index in [-0.39, 0.29) is 17.4 Å². The molecule has 2 aromatic rings. The van der Waals surface area contributed by atoms with Crippen LogP contribution in [0.2, 0.25) is 0 Å². The van der Waals surface area contributed by atoms with Crippen molar-refractivity contribution in [3.05, 3.63) is 107 Å². The average Bonchev–Trinajstić information content (AvgIpc) is 2.74. The number of carbonyl (C=O) groups excluding carboxylic acids is 2. The Morgan fingerprint density at radius 3 is 2.24 bits per heavy atom. The topological polar surface area (TPSA) is 41.7 Å². The van der Waals surface area contributed by atoms with E-state index in [9.17, 15) is 9.59 Å². The maximum Gasteiger partial charge on any atom is 0.240 e. The number of rotatable bonds is 3. The second-order valence-electron chi connectivity index (χ2n) is 8.06. The number of benzene rings is 2. The lowest BCUT2D eigenvalue weighted by molar-refractivity contribution is -0.136. The third-order valence-electron chi connectivity index (χ3n) is 5.96. The Bertz CT molecular complexity index is 1070. The van der Waals surface area contributed by atoms with Crippen molar-refractivity contribution in [3.63, 3.8) is 0 Å². The Balaban J connectivity index is 1.92. The summed E-state index contributed by atoms with van der Waals surface area (Å²) in [5.41, 5.74) is 0.580. The molecule has 0 saturated heterocycles. The molecular weight excluding hydrogens is 360 g/mol. The summed E-state index contributed by atoms with van der Waals surface area (Å²) in [6, 6.07) is 19.3. The van der Waals surface area contributed by atoms with Crippen molar-refractivity contribution in [1.82, 2.24) is 4.90 Å². The molecule has 1 atom stereocenters. The van der Waals surface area contributed by atoms with Gasteiger partial charge in [0.25, 0.3) is 0 Å². The Kier molecular flexibility index (Phi) is 4.47. The first kappa shape index (κ1) is 18.9. The van der Waals surface area contributed by atoms with Gasteiger partial charge in [-0.05, 0) is 16.7 Å². The van der Waals surface area contributed by atoms with Crippen LogP contribution in [0.15, 0.2) is 84.1 Å². The molecule has 0 saturated carbocycles. The Hall–Kier alpha value is -3.45. The van der Waals surface area contributed by atoms with Gasteiger partial charge < -0.3 is 9.69 Å². The molecule has 1 amide bonds. The van der Waals surface area contributed by atoms with E-state index in [1.807, 2.05) is 80.6 Å². The largest absolute Gasteiger partial charge is 0.333 e. The molecule has 0 spiro atoms. The van der Waals surface area contributed by atoms with Crippen molar-refractivity contribution >= 4 is 11.7 Å². The number of fused-ring (bicyclic) bond motifs is 1. The van der Waals surface area contributed by atoms with Crippen LogP contribution in [0.4, 0.5) is 0 Å². The van der Waals surface area contributed by atoms with Crippen LogP contribution in [0.5, 0.6) is 0 Å². The molecule has 2 aromatic carbocycles. The summed E-state index contributed by atoms with van der Waals surface area (Å²) in [7, 11) is 0. The summed E-state index contributed by atoms with van der Waals surface area (Å²) in [5, 5.41) is 0. The number of ketones is 1. The van der Waals surface area contributed by atoms with E-state index < -0.39 is 10.8 Å². The zero-order chi connectivity index (χ0) is 20.6. The third-order valence-corrected chi connectivity index (χ3v) is 5.96. The van der Waals surface area contributed by atoms with Gasteiger partial charge in [0, 0.05) is 18.5 Å². The SMILES string of the molecule is [C-]#[N+]C1=C[C@]2(c3ccccc3)C(=O)N(Cc3ccccc3)CC=C2C(C)(C)C1=O. The van der Waals surface area contributed by atoms with Crippen LogP contribution in [0.1, 0.15) is 25.0 Å². The lowest BCUT2D eigenvalue weighted by Gasteiger charge is -2.48. The van der Waals surface area contributed by atoms with Crippen LogP contribution in [0.25, 0.3) is 4.85 Å². The number of hydrogen-bond donors (Lipinski definition) is 0. The van der Waals surface area contributed by atoms with Gasteiger partial charge in [-0.25, -0.2) is 4.85 Å². The van der Waals surface area contributed by atoms with Crippen LogP contribution in [0.3, 0.4) is 0 Å². The van der Waals surface area contributed by atoms with Crippen molar-refractivity contribution in [2.45, 2.75) is 25.8 Å². The molecular formula is C25H22N2O2. The van der Waals surface area contributed by atoms with Crippen LogP contribution >= 0.6 is 0 Å². The van der Waals surface area contributed by atoms with Gasteiger partial charge in [-0.15, -0.1) is 0 Å². The van der Waals surface area contributed by atoms with Crippen LogP contribution in [-0.2, 0) is 21.5 Å². The minimum atomic E-state index is -1.13. The van der Waals surface area contributed by atoms with Crippen molar-refractivity contribution < 1.29 is 9.59 Å². The predicted octanol–water partition coefficient (Wildman–Crippen LogP) is 4.31. The second-order valence-corrected chi connectivity index (χ2v) is 8.06. The smallest absolute Gasteiger partial charge is 0.240 e. The summed E-state index contributed by atoms with van der Waals surface area (Å²) in [5.74, 6) is -0.318. The molecule has 0 N–H and O–H groups in total. The molecule has 1 aliphatic carbocycles.